The van der Waals surface area contributed by atoms with Crippen molar-refractivity contribution in [2.75, 3.05) is 13.2 Å². The lowest BCUT2D eigenvalue weighted by molar-refractivity contribution is -0.0370. The lowest BCUT2D eigenvalue weighted by atomic mass is 9.61. The summed E-state index contributed by atoms with van der Waals surface area (Å²) >= 11 is 0. The summed E-state index contributed by atoms with van der Waals surface area (Å²) in [7, 11) is 0. The average Bonchev–Trinajstić information content (AvgIpc) is 2.29. The number of aliphatic hydroxyl groups is 1. The van der Waals surface area contributed by atoms with E-state index in [1.807, 2.05) is 6.07 Å². The summed E-state index contributed by atoms with van der Waals surface area (Å²) in [5.74, 6) is 0. The van der Waals surface area contributed by atoms with Gasteiger partial charge in [0.15, 0.2) is 0 Å². The zero-order valence-corrected chi connectivity index (χ0v) is 10.6. The Hall–Kier alpha value is -0.860. The van der Waals surface area contributed by atoms with E-state index in [2.05, 4.69) is 31.2 Å². The molecule has 1 aromatic carbocycles. The maximum absolute atomic E-state index is 10.4. The van der Waals surface area contributed by atoms with Crippen molar-refractivity contribution in [2.24, 2.45) is 0 Å². The minimum absolute atomic E-state index is 0.0466. The average molecular weight is 234 g/mol. The topological polar surface area (TPSA) is 29.5 Å². The van der Waals surface area contributed by atoms with Gasteiger partial charge in [0.25, 0.3) is 0 Å². The lowest BCUT2D eigenvalue weighted by Crippen LogP contribution is -2.47. The summed E-state index contributed by atoms with van der Waals surface area (Å²) in [6.07, 6.45) is 4.00. The first-order chi connectivity index (χ1) is 8.29. The Morgan fingerprint density at radius 2 is 2.00 bits per heavy atom. The van der Waals surface area contributed by atoms with Gasteiger partial charge in [0, 0.05) is 12.0 Å². The standard InChI is InChI=1S/C15H22O2/c1-2-11-17-12-14(16)15(9-6-10-15)13-7-4-3-5-8-13/h3-5,7-8,14,16H,2,6,9-12H2,1H3. The van der Waals surface area contributed by atoms with E-state index in [4.69, 9.17) is 4.74 Å². The summed E-state index contributed by atoms with van der Waals surface area (Å²) in [6.45, 7) is 3.29. The highest BCUT2D eigenvalue weighted by molar-refractivity contribution is 5.29. The van der Waals surface area contributed by atoms with Crippen LogP contribution in [0.5, 0.6) is 0 Å². The van der Waals surface area contributed by atoms with E-state index < -0.39 is 0 Å². The summed E-state index contributed by atoms with van der Waals surface area (Å²) < 4.78 is 5.50. The molecule has 94 valence electrons. The summed E-state index contributed by atoms with van der Waals surface area (Å²) in [4.78, 5) is 0. The van der Waals surface area contributed by atoms with E-state index >= 15 is 0 Å². The second-order valence-electron chi connectivity index (χ2n) is 4.97. The van der Waals surface area contributed by atoms with Crippen molar-refractivity contribution >= 4 is 0 Å². The molecular weight excluding hydrogens is 212 g/mol. The molecule has 1 fully saturated rings. The van der Waals surface area contributed by atoms with Crippen molar-refractivity contribution in [1.29, 1.82) is 0 Å². The van der Waals surface area contributed by atoms with Gasteiger partial charge >= 0.3 is 0 Å². The van der Waals surface area contributed by atoms with Gasteiger partial charge in [-0.05, 0) is 24.8 Å². The molecule has 0 bridgehead atoms. The van der Waals surface area contributed by atoms with Gasteiger partial charge < -0.3 is 9.84 Å². The van der Waals surface area contributed by atoms with Crippen molar-refractivity contribution in [3.05, 3.63) is 35.9 Å². The molecule has 0 aromatic heterocycles. The van der Waals surface area contributed by atoms with E-state index in [-0.39, 0.29) is 11.5 Å². The minimum atomic E-state index is -0.370. The molecular formula is C15H22O2. The van der Waals surface area contributed by atoms with E-state index in [0.717, 1.165) is 25.9 Å². The van der Waals surface area contributed by atoms with Gasteiger partial charge in [-0.3, -0.25) is 0 Å². The van der Waals surface area contributed by atoms with Crippen molar-refractivity contribution in [3.63, 3.8) is 0 Å². The molecule has 2 heteroatoms. The van der Waals surface area contributed by atoms with Gasteiger partial charge in [-0.2, -0.15) is 0 Å². The molecule has 17 heavy (non-hydrogen) atoms. The zero-order chi connectivity index (χ0) is 12.1. The SMILES string of the molecule is CCCOCC(O)C1(c2ccccc2)CCC1. The van der Waals surface area contributed by atoms with Crippen LogP contribution in [0, 0.1) is 0 Å². The van der Waals surface area contributed by atoms with Gasteiger partial charge in [0.05, 0.1) is 12.7 Å². The molecule has 1 N–H and O–H groups in total. The van der Waals surface area contributed by atoms with E-state index in [1.165, 1.54) is 12.0 Å². The summed E-state index contributed by atoms with van der Waals surface area (Å²) in [5, 5.41) is 10.4. The number of hydrogen-bond acceptors (Lipinski definition) is 2. The van der Waals surface area contributed by atoms with Crippen LogP contribution in [-0.2, 0) is 10.2 Å². The van der Waals surface area contributed by atoms with Crippen LogP contribution in [0.15, 0.2) is 30.3 Å². The summed E-state index contributed by atoms with van der Waals surface area (Å²) in [5.41, 5.74) is 1.22. The third kappa shape index (κ3) is 2.53. The van der Waals surface area contributed by atoms with Crippen molar-refractivity contribution in [2.45, 2.75) is 44.1 Å². The first-order valence-corrected chi connectivity index (χ1v) is 6.61. The quantitative estimate of drug-likeness (QED) is 0.767. The monoisotopic (exact) mass is 234 g/mol. The molecule has 2 nitrogen and oxygen atoms in total. The van der Waals surface area contributed by atoms with Crippen LogP contribution >= 0.6 is 0 Å². The van der Waals surface area contributed by atoms with Crippen LogP contribution in [0.2, 0.25) is 0 Å². The number of aliphatic hydroxyl groups excluding tert-OH is 1. The number of ether oxygens (including phenoxy) is 1. The molecule has 2 rings (SSSR count). The molecule has 0 heterocycles. The summed E-state index contributed by atoms with van der Waals surface area (Å²) in [6, 6.07) is 10.4. The molecule has 1 atom stereocenters. The fourth-order valence-electron chi connectivity index (χ4n) is 2.64. The lowest BCUT2D eigenvalue weighted by Gasteiger charge is -2.46. The van der Waals surface area contributed by atoms with E-state index in [0.29, 0.717) is 6.61 Å². The van der Waals surface area contributed by atoms with Crippen molar-refractivity contribution in [3.8, 4) is 0 Å². The highest BCUT2D eigenvalue weighted by Gasteiger charge is 2.44. The third-order valence-electron chi connectivity index (χ3n) is 3.86. The highest BCUT2D eigenvalue weighted by Crippen LogP contribution is 2.46. The largest absolute Gasteiger partial charge is 0.390 e. The Balaban J connectivity index is 2.04. The predicted molar refractivity (Wildman–Crippen MR) is 69.1 cm³/mol. The Morgan fingerprint density at radius 3 is 2.53 bits per heavy atom. The molecule has 0 saturated heterocycles. The second kappa shape index (κ2) is 5.65. The van der Waals surface area contributed by atoms with Crippen LogP contribution < -0.4 is 0 Å². The smallest absolute Gasteiger partial charge is 0.0869 e. The van der Waals surface area contributed by atoms with Crippen LogP contribution in [-0.4, -0.2) is 24.4 Å². The first-order valence-electron chi connectivity index (χ1n) is 6.61. The molecule has 0 radical (unpaired) electrons. The fourth-order valence-corrected chi connectivity index (χ4v) is 2.64. The molecule has 0 spiro atoms. The van der Waals surface area contributed by atoms with Gasteiger partial charge in [-0.25, -0.2) is 0 Å². The molecule has 1 aromatic rings. The van der Waals surface area contributed by atoms with Crippen molar-refractivity contribution < 1.29 is 9.84 Å². The Morgan fingerprint density at radius 1 is 1.29 bits per heavy atom. The van der Waals surface area contributed by atoms with Crippen LogP contribution in [0.3, 0.4) is 0 Å². The molecule has 1 aliphatic carbocycles. The second-order valence-corrected chi connectivity index (χ2v) is 4.97. The Kier molecular flexibility index (Phi) is 4.19. The molecule has 0 amide bonds. The number of hydrogen-bond donors (Lipinski definition) is 1. The maximum Gasteiger partial charge on any atom is 0.0869 e. The Bertz CT molecular complexity index is 330. The van der Waals surface area contributed by atoms with E-state index in [1.54, 1.807) is 0 Å². The minimum Gasteiger partial charge on any atom is -0.390 e. The van der Waals surface area contributed by atoms with Crippen molar-refractivity contribution in [1.82, 2.24) is 0 Å². The first kappa shape index (κ1) is 12.6. The third-order valence-corrected chi connectivity index (χ3v) is 3.86. The molecule has 1 unspecified atom stereocenters. The molecule has 1 saturated carbocycles. The van der Waals surface area contributed by atoms with Crippen LogP contribution in [0.1, 0.15) is 38.2 Å². The number of rotatable bonds is 6. The predicted octanol–water partition coefficient (Wildman–Crippen LogP) is 2.90. The van der Waals surface area contributed by atoms with Crippen LogP contribution in [0.25, 0.3) is 0 Å². The van der Waals surface area contributed by atoms with Crippen LogP contribution in [0.4, 0.5) is 0 Å². The van der Waals surface area contributed by atoms with Gasteiger partial charge in [0.1, 0.15) is 0 Å². The van der Waals surface area contributed by atoms with E-state index in [9.17, 15) is 5.11 Å². The fraction of sp³-hybridized carbons (Fsp3) is 0.600. The number of benzene rings is 1. The Labute approximate surface area is 104 Å². The zero-order valence-electron chi connectivity index (χ0n) is 10.6. The van der Waals surface area contributed by atoms with Gasteiger partial charge in [0.2, 0.25) is 0 Å². The normalized spacial score (nSPS) is 19.6. The maximum atomic E-state index is 10.4. The van der Waals surface area contributed by atoms with Gasteiger partial charge in [-0.15, -0.1) is 0 Å². The molecule has 1 aliphatic rings. The van der Waals surface area contributed by atoms with Gasteiger partial charge in [-0.1, -0.05) is 43.7 Å². The highest BCUT2D eigenvalue weighted by atomic mass is 16.5. The molecule has 0 aliphatic heterocycles.